The predicted molar refractivity (Wildman–Crippen MR) is 86.3 cm³/mol. The molecule has 1 aromatic rings. The molecule has 2 rings (SSSR count). The number of nitriles is 1. The summed E-state index contributed by atoms with van der Waals surface area (Å²) in [6.45, 7) is 5.08. The monoisotopic (exact) mass is 314 g/mol. The summed E-state index contributed by atoms with van der Waals surface area (Å²) in [5.41, 5.74) is 0.536. The Kier molecular flexibility index (Phi) is 5.58. The second-order valence-electron chi connectivity index (χ2n) is 6.23. The van der Waals surface area contributed by atoms with Gasteiger partial charge in [0.25, 0.3) is 5.91 Å². The standard InChI is InChI=1S/C17H22N4O2/c1-12(2)8-15(17(23)19-14-9-21(10-14)11-18)20-16(22)13-6-4-3-5-7-13/h3-7,12,14-15H,8-10H2,1-2H3,(H,19,23)(H,20,22)/t15-/m0/s1. The average molecular weight is 314 g/mol. The van der Waals surface area contributed by atoms with Gasteiger partial charge in [-0.25, -0.2) is 0 Å². The van der Waals surface area contributed by atoms with Crippen LogP contribution in [-0.2, 0) is 4.79 Å². The van der Waals surface area contributed by atoms with Crippen LogP contribution in [0.4, 0.5) is 0 Å². The largest absolute Gasteiger partial charge is 0.348 e. The highest BCUT2D eigenvalue weighted by Crippen LogP contribution is 2.10. The van der Waals surface area contributed by atoms with Crippen LogP contribution in [0, 0.1) is 17.4 Å². The lowest BCUT2D eigenvalue weighted by Crippen LogP contribution is -2.60. The summed E-state index contributed by atoms with van der Waals surface area (Å²) in [5.74, 6) is -0.164. The van der Waals surface area contributed by atoms with E-state index >= 15 is 0 Å². The molecule has 6 nitrogen and oxygen atoms in total. The zero-order valence-corrected chi connectivity index (χ0v) is 13.5. The quantitative estimate of drug-likeness (QED) is 0.770. The second-order valence-corrected chi connectivity index (χ2v) is 6.23. The third-order valence-electron chi connectivity index (χ3n) is 3.73. The molecule has 1 heterocycles. The maximum Gasteiger partial charge on any atom is 0.251 e. The minimum Gasteiger partial charge on any atom is -0.348 e. The van der Waals surface area contributed by atoms with Gasteiger partial charge in [0.05, 0.1) is 19.1 Å². The van der Waals surface area contributed by atoms with E-state index in [9.17, 15) is 9.59 Å². The fraction of sp³-hybridized carbons (Fsp3) is 0.471. The van der Waals surface area contributed by atoms with Gasteiger partial charge in [-0.3, -0.25) is 9.59 Å². The summed E-state index contributed by atoms with van der Waals surface area (Å²) in [6, 6.07) is 8.26. The zero-order chi connectivity index (χ0) is 16.8. The first-order valence-corrected chi connectivity index (χ1v) is 7.80. The van der Waals surface area contributed by atoms with Gasteiger partial charge < -0.3 is 15.5 Å². The highest BCUT2D eigenvalue weighted by Gasteiger charge is 2.30. The van der Waals surface area contributed by atoms with Crippen molar-refractivity contribution >= 4 is 11.8 Å². The normalized spacial score (nSPS) is 15.5. The van der Waals surface area contributed by atoms with E-state index in [1.165, 1.54) is 0 Å². The molecule has 0 aliphatic carbocycles. The number of nitrogens with one attached hydrogen (secondary N) is 2. The highest BCUT2D eigenvalue weighted by atomic mass is 16.2. The minimum absolute atomic E-state index is 0.0227. The molecule has 1 aliphatic rings. The number of hydrogen-bond acceptors (Lipinski definition) is 4. The van der Waals surface area contributed by atoms with Gasteiger partial charge in [-0.2, -0.15) is 5.26 Å². The molecular formula is C17H22N4O2. The zero-order valence-electron chi connectivity index (χ0n) is 13.5. The van der Waals surface area contributed by atoms with Gasteiger partial charge in [0, 0.05) is 5.56 Å². The van der Waals surface area contributed by atoms with Crippen LogP contribution >= 0.6 is 0 Å². The molecule has 0 saturated carbocycles. The van der Waals surface area contributed by atoms with Gasteiger partial charge in [-0.05, 0) is 24.5 Å². The van der Waals surface area contributed by atoms with Gasteiger partial charge in [0.15, 0.2) is 6.19 Å². The number of rotatable bonds is 6. The molecule has 1 atom stereocenters. The van der Waals surface area contributed by atoms with Gasteiger partial charge in [0.2, 0.25) is 5.91 Å². The lowest BCUT2D eigenvalue weighted by Gasteiger charge is -2.36. The van der Waals surface area contributed by atoms with E-state index in [4.69, 9.17) is 5.26 Å². The molecule has 1 aliphatic heterocycles. The molecule has 1 aromatic carbocycles. The van der Waals surface area contributed by atoms with Crippen LogP contribution in [0.25, 0.3) is 0 Å². The summed E-state index contributed by atoms with van der Waals surface area (Å²) in [6.07, 6.45) is 2.60. The van der Waals surface area contributed by atoms with Crippen molar-refractivity contribution in [2.75, 3.05) is 13.1 Å². The molecular weight excluding hydrogens is 292 g/mol. The van der Waals surface area contributed by atoms with E-state index in [0.717, 1.165) is 0 Å². The summed E-state index contributed by atoms with van der Waals surface area (Å²) in [4.78, 5) is 26.3. The highest BCUT2D eigenvalue weighted by molar-refractivity contribution is 5.97. The number of likely N-dealkylation sites (tertiary alicyclic amines) is 1. The minimum atomic E-state index is -0.571. The van der Waals surface area contributed by atoms with E-state index in [0.29, 0.717) is 25.1 Å². The first-order valence-electron chi connectivity index (χ1n) is 7.80. The summed E-state index contributed by atoms with van der Waals surface area (Å²) < 4.78 is 0. The Morgan fingerprint density at radius 2 is 1.96 bits per heavy atom. The smallest absolute Gasteiger partial charge is 0.251 e. The number of hydrogen-bond donors (Lipinski definition) is 2. The first kappa shape index (κ1) is 16.8. The lowest BCUT2D eigenvalue weighted by atomic mass is 10.0. The Morgan fingerprint density at radius 3 is 2.52 bits per heavy atom. The molecule has 0 unspecified atom stereocenters. The Labute approximate surface area is 136 Å². The van der Waals surface area contributed by atoms with Crippen molar-refractivity contribution in [1.82, 2.24) is 15.5 Å². The Bertz CT molecular complexity index is 588. The average Bonchev–Trinajstić information content (AvgIpc) is 2.49. The van der Waals surface area contributed by atoms with Gasteiger partial charge >= 0.3 is 0 Å². The van der Waals surface area contributed by atoms with E-state index in [1.807, 2.05) is 26.1 Å². The molecule has 0 aromatic heterocycles. The predicted octanol–water partition coefficient (Wildman–Crippen LogP) is 1.11. The fourth-order valence-corrected chi connectivity index (χ4v) is 2.49. The maximum atomic E-state index is 12.4. The van der Waals surface area contributed by atoms with Crippen molar-refractivity contribution in [2.45, 2.75) is 32.4 Å². The van der Waals surface area contributed by atoms with E-state index in [2.05, 4.69) is 10.6 Å². The van der Waals surface area contributed by atoms with Gasteiger partial charge in [-0.1, -0.05) is 32.0 Å². The van der Waals surface area contributed by atoms with E-state index in [-0.39, 0.29) is 23.8 Å². The van der Waals surface area contributed by atoms with E-state index < -0.39 is 6.04 Å². The van der Waals surface area contributed by atoms with E-state index in [1.54, 1.807) is 29.2 Å². The van der Waals surface area contributed by atoms with Crippen molar-refractivity contribution in [1.29, 1.82) is 5.26 Å². The molecule has 23 heavy (non-hydrogen) atoms. The number of amides is 2. The van der Waals surface area contributed by atoms with Crippen molar-refractivity contribution in [3.05, 3.63) is 35.9 Å². The molecule has 6 heteroatoms. The number of nitrogens with zero attached hydrogens (tertiary/aromatic N) is 2. The third-order valence-corrected chi connectivity index (χ3v) is 3.73. The van der Waals surface area contributed by atoms with Crippen LogP contribution in [0.1, 0.15) is 30.6 Å². The topological polar surface area (TPSA) is 85.2 Å². The van der Waals surface area contributed by atoms with Crippen molar-refractivity contribution in [3.8, 4) is 6.19 Å². The number of benzene rings is 1. The summed E-state index contributed by atoms with van der Waals surface area (Å²) >= 11 is 0. The Morgan fingerprint density at radius 1 is 1.30 bits per heavy atom. The maximum absolute atomic E-state index is 12.4. The molecule has 1 saturated heterocycles. The lowest BCUT2D eigenvalue weighted by molar-refractivity contribution is -0.124. The Hall–Kier alpha value is -2.55. The van der Waals surface area contributed by atoms with Crippen LogP contribution in [0.5, 0.6) is 0 Å². The first-order chi connectivity index (χ1) is 11.0. The fourth-order valence-electron chi connectivity index (χ4n) is 2.49. The van der Waals surface area contributed by atoms with Gasteiger partial charge in [0.1, 0.15) is 6.04 Å². The number of carbonyl (C=O) groups excluding carboxylic acids is 2. The van der Waals surface area contributed by atoms with Gasteiger partial charge in [-0.15, -0.1) is 0 Å². The molecule has 1 fully saturated rings. The van der Waals surface area contributed by atoms with Crippen LogP contribution in [0.15, 0.2) is 30.3 Å². The molecule has 0 bridgehead atoms. The molecule has 122 valence electrons. The number of carbonyl (C=O) groups is 2. The van der Waals surface area contributed by atoms with Crippen LogP contribution in [0.3, 0.4) is 0 Å². The second kappa shape index (κ2) is 7.63. The SMILES string of the molecule is CC(C)C[C@H](NC(=O)c1ccccc1)C(=O)NC1CN(C#N)C1. The van der Waals surface area contributed by atoms with Crippen LogP contribution in [0.2, 0.25) is 0 Å². The molecule has 0 radical (unpaired) electrons. The van der Waals surface area contributed by atoms with Crippen molar-refractivity contribution in [3.63, 3.8) is 0 Å². The summed E-state index contributed by atoms with van der Waals surface area (Å²) in [5, 5.41) is 14.4. The molecule has 2 amide bonds. The van der Waals surface area contributed by atoms with Crippen LogP contribution < -0.4 is 10.6 Å². The Balaban J connectivity index is 1.95. The van der Waals surface area contributed by atoms with Crippen LogP contribution in [-0.4, -0.2) is 41.9 Å². The third kappa shape index (κ3) is 4.71. The van der Waals surface area contributed by atoms with Crippen molar-refractivity contribution < 1.29 is 9.59 Å². The van der Waals surface area contributed by atoms with Crippen molar-refractivity contribution in [2.24, 2.45) is 5.92 Å². The molecule has 2 N–H and O–H groups in total. The molecule has 0 spiro atoms. The summed E-state index contributed by atoms with van der Waals surface area (Å²) in [7, 11) is 0.